The average Bonchev–Trinajstić information content (AvgIpc) is 3.00. The van der Waals surface area contributed by atoms with E-state index in [9.17, 15) is 21.6 Å². The quantitative estimate of drug-likeness (QED) is 0.274. The van der Waals surface area contributed by atoms with Gasteiger partial charge in [-0.2, -0.15) is 13.7 Å². The Labute approximate surface area is 239 Å². The third-order valence-corrected chi connectivity index (χ3v) is 10.2. The van der Waals surface area contributed by atoms with Crippen LogP contribution in [0.5, 0.6) is 17.2 Å². The number of nitrogens with one attached hydrogen (secondary N) is 1. The fraction of sp³-hybridized carbons (Fsp3) is 0.259. The van der Waals surface area contributed by atoms with Gasteiger partial charge in [0.1, 0.15) is 6.04 Å². The third-order valence-electron chi connectivity index (χ3n) is 6.40. The predicted molar refractivity (Wildman–Crippen MR) is 151 cm³/mol. The van der Waals surface area contributed by atoms with E-state index in [2.05, 4.69) is 10.5 Å². The third kappa shape index (κ3) is 6.35. The zero-order valence-electron chi connectivity index (χ0n) is 22.6. The maximum absolute atomic E-state index is 13.5. The molecule has 0 spiro atoms. The molecule has 1 amide bonds. The van der Waals surface area contributed by atoms with Crippen LogP contribution in [0.25, 0.3) is 0 Å². The molecule has 0 bridgehead atoms. The summed E-state index contributed by atoms with van der Waals surface area (Å²) >= 11 is 0. The summed E-state index contributed by atoms with van der Waals surface area (Å²) in [5.74, 6) is 0.309. The molecule has 1 aliphatic rings. The summed E-state index contributed by atoms with van der Waals surface area (Å²) in [4.78, 5) is 13.4. The summed E-state index contributed by atoms with van der Waals surface area (Å²) < 4.78 is 71.7. The van der Waals surface area contributed by atoms with Gasteiger partial charge in [0, 0.05) is 25.2 Å². The van der Waals surface area contributed by atoms with Gasteiger partial charge in [0.05, 0.1) is 37.3 Å². The Morgan fingerprint density at radius 2 is 1.37 bits per heavy atom. The molecule has 1 saturated heterocycles. The summed E-state index contributed by atoms with van der Waals surface area (Å²) in [5.41, 5.74) is 2.85. The van der Waals surface area contributed by atoms with E-state index in [1.165, 1.54) is 51.8 Å². The smallest absolute Gasteiger partial charge is 0.259 e. The zero-order chi connectivity index (χ0) is 29.6. The van der Waals surface area contributed by atoms with Gasteiger partial charge in [-0.15, -0.1) is 0 Å². The number of amides is 1. The lowest BCUT2D eigenvalue weighted by atomic mass is 10.2. The Balaban J connectivity index is 1.63. The van der Waals surface area contributed by atoms with Crippen molar-refractivity contribution in [3.63, 3.8) is 0 Å². The maximum Gasteiger partial charge on any atom is 0.259 e. The number of ether oxygens (including phenoxy) is 3. The molecular weight excluding hydrogens is 572 g/mol. The summed E-state index contributed by atoms with van der Waals surface area (Å²) in [6, 6.07) is 17.2. The lowest BCUT2D eigenvalue weighted by molar-refractivity contribution is -0.125. The molecule has 1 fully saturated rings. The summed E-state index contributed by atoms with van der Waals surface area (Å²) in [6.45, 7) is -0.783. The Morgan fingerprint density at radius 1 is 0.829 bits per heavy atom. The molecule has 0 saturated carbocycles. The van der Waals surface area contributed by atoms with Gasteiger partial charge < -0.3 is 14.2 Å². The molecule has 218 valence electrons. The van der Waals surface area contributed by atoms with Gasteiger partial charge in [-0.25, -0.2) is 22.3 Å². The van der Waals surface area contributed by atoms with Gasteiger partial charge in [0.25, 0.3) is 5.91 Å². The molecule has 1 heterocycles. The highest BCUT2D eigenvalue weighted by atomic mass is 32.2. The van der Waals surface area contributed by atoms with E-state index < -0.39 is 38.5 Å². The van der Waals surface area contributed by atoms with Crippen molar-refractivity contribution in [2.75, 3.05) is 41.0 Å². The van der Waals surface area contributed by atoms with Crippen LogP contribution in [0.15, 0.2) is 87.7 Å². The van der Waals surface area contributed by atoms with Crippen molar-refractivity contribution in [2.24, 2.45) is 5.10 Å². The molecular formula is C27H30N4O8S2. The minimum atomic E-state index is -4.14. The fourth-order valence-corrected chi connectivity index (χ4v) is 7.40. The molecule has 4 rings (SSSR count). The van der Waals surface area contributed by atoms with E-state index in [4.69, 9.17) is 14.2 Å². The standard InChI is InChI=1S/C27H30N4O8S2/c1-37-24-16-20(17-25(38-2)26(24)39-3)18-28-29-27(32)23-19-30(40(33,34)21-10-6-4-7-11-21)14-15-31(23)41(35,36)22-12-8-5-9-13-22/h4-13,16-18,23H,14-15,19H2,1-3H3,(H,29,32)/b28-18-/t23-/m0/s1. The molecule has 0 aliphatic carbocycles. The lowest BCUT2D eigenvalue weighted by Crippen LogP contribution is -2.60. The van der Waals surface area contributed by atoms with E-state index in [1.54, 1.807) is 48.5 Å². The second-order valence-corrected chi connectivity index (χ2v) is 12.6. The second kappa shape index (κ2) is 12.7. The van der Waals surface area contributed by atoms with Crippen LogP contribution < -0.4 is 19.6 Å². The van der Waals surface area contributed by atoms with Crippen molar-refractivity contribution >= 4 is 32.2 Å². The van der Waals surface area contributed by atoms with Crippen molar-refractivity contribution in [2.45, 2.75) is 15.8 Å². The largest absolute Gasteiger partial charge is 0.493 e. The molecule has 3 aromatic rings. The average molecular weight is 603 g/mol. The minimum Gasteiger partial charge on any atom is -0.493 e. The number of rotatable bonds is 10. The van der Waals surface area contributed by atoms with E-state index in [1.807, 2.05) is 0 Å². The first kappa shape index (κ1) is 30.0. The molecule has 1 atom stereocenters. The van der Waals surface area contributed by atoms with Crippen LogP contribution in [0.2, 0.25) is 0 Å². The van der Waals surface area contributed by atoms with Gasteiger partial charge >= 0.3 is 0 Å². The maximum atomic E-state index is 13.5. The van der Waals surface area contributed by atoms with E-state index >= 15 is 0 Å². The SMILES string of the molecule is COc1cc(/C=N\NC(=O)[C@@H]2CN(S(=O)(=O)c3ccccc3)CCN2S(=O)(=O)c2ccccc2)cc(OC)c1OC. The minimum absolute atomic E-state index is 0.0157. The Morgan fingerprint density at radius 3 is 1.88 bits per heavy atom. The van der Waals surface area contributed by atoms with Gasteiger partial charge in [0.15, 0.2) is 11.5 Å². The molecule has 1 aliphatic heterocycles. The number of nitrogens with zero attached hydrogens (tertiary/aromatic N) is 3. The highest BCUT2D eigenvalue weighted by Crippen LogP contribution is 2.37. The van der Waals surface area contributed by atoms with Gasteiger partial charge in [0.2, 0.25) is 25.8 Å². The molecule has 12 nitrogen and oxygen atoms in total. The van der Waals surface area contributed by atoms with Crippen molar-refractivity contribution in [1.82, 2.24) is 14.0 Å². The number of methoxy groups -OCH3 is 3. The number of carbonyl (C=O) groups is 1. The molecule has 14 heteroatoms. The van der Waals surface area contributed by atoms with Crippen molar-refractivity contribution in [3.05, 3.63) is 78.4 Å². The number of hydrazone groups is 1. The summed E-state index contributed by atoms with van der Waals surface area (Å²) in [5, 5.41) is 3.99. The summed E-state index contributed by atoms with van der Waals surface area (Å²) in [7, 11) is -3.75. The number of hydrogen-bond acceptors (Lipinski definition) is 9. The monoisotopic (exact) mass is 602 g/mol. The first-order valence-electron chi connectivity index (χ1n) is 12.4. The molecule has 0 aromatic heterocycles. The number of carbonyl (C=O) groups excluding carboxylic acids is 1. The molecule has 1 N–H and O–H groups in total. The lowest BCUT2D eigenvalue weighted by Gasteiger charge is -2.38. The topological polar surface area (TPSA) is 144 Å². The highest BCUT2D eigenvalue weighted by Gasteiger charge is 2.43. The number of sulfonamides is 2. The number of piperazine rings is 1. The fourth-order valence-electron chi connectivity index (χ4n) is 4.35. The van der Waals surface area contributed by atoms with Gasteiger partial charge in [-0.1, -0.05) is 36.4 Å². The predicted octanol–water partition coefficient (Wildman–Crippen LogP) is 1.93. The van der Waals surface area contributed by atoms with Crippen LogP contribution in [-0.2, 0) is 24.8 Å². The van der Waals surface area contributed by atoms with E-state index in [-0.39, 0.29) is 22.9 Å². The number of benzene rings is 3. The van der Waals surface area contributed by atoms with Crippen LogP contribution in [0.4, 0.5) is 0 Å². The van der Waals surface area contributed by atoms with Crippen LogP contribution in [-0.4, -0.2) is 84.6 Å². The first-order chi connectivity index (χ1) is 19.6. The van der Waals surface area contributed by atoms with Crippen molar-refractivity contribution in [1.29, 1.82) is 0 Å². The van der Waals surface area contributed by atoms with Crippen molar-refractivity contribution < 1.29 is 35.8 Å². The Bertz CT molecular complexity index is 1590. The molecule has 3 aromatic carbocycles. The van der Waals surface area contributed by atoms with Crippen LogP contribution in [0.1, 0.15) is 5.56 Å². The normalized spacial score (nSPS) is 16.8. The van der Waals surface area contributed by atoms with Crippen LogP contribution in [0.3, 0.4) is 0 Å². The van der Waals surface area contributed by atoms with E-state index in [0.717, 1.165) is 8.61 Å². The summed E-state index contributed by atoms with van der Waals surface area (Å²) in [6.07, 6.45) is 1.32. The van der Waals surface area contributed by atoms with Crippen LogP contribution >= 0.6 is 0 Å². The van der Waals surface area contributed by atoms with Crippen molar-refractivity contribution in [3.8, 4) is 17.2 Å². The molecule has 0 unspecified atom stereocenters. The first-order valence-corrected chi connectivity index (χ1v) is 15.3. The van der Waals surface area contributed by atoms with Crippen LogP contribution in [0, 0.1) is 0 Å². The van der Waals surface area contributed by atoms with E-state index in [0.29, 0.717) is 22.8 Å². The van der Waals surface area contributed by atoms with Gasteiger partial charge in [-0.05, 0) is 36.4 Å². The zero-order valence-corrected chi connectivity index (χ0v) is 24.3. The number of hydrogen-bond donors (Lipinski definition) is 1. The highest BCUT2D eigenvalue weighted by molar-refractivity contribution is 7.89. The molecule has 0 radical (unpaired) electrons. The second-order valence-electron chi connectivity index (χ2n) is 8.81. The Hall–Kier alpha value is -3.98. The van der Waals surface area contributed by atoms with Gasteiger partial charge in [-0.3, -0.25) is 4.79 Å². The Kier molecular flexibility index (Phi) is 9.28. The molecule has 41 heavy (non-hydrogen) atoms.